The molecule has 3 aliphatic rings. The van der Waals surface area contributed by atoms with Gasteiger partial charge in [-0.05, 0) is 55.4 Å². The number of non-ortho nitro benzene ring substituents is 1. The summed E-state index contributed by atoms with van der Waals surface area (Å²) in [5.74, 6) is -2.52. The van der Waals surface area contributed by atoms with Gasteiger partial charge in [0.1, 0.15) is 10.9 Å². The Labute approximate surface area is 227 Å². The van der Waals surface area contributed by atoms with E-state index in [9.17, 15) is 24.5 Å². The lowest BCUT2D eigenvalue weighted by molar-refractivity contribution is -0.384. The number of nitrogens with zero attached hydrogens (tertiary/aromatic N) is 3. The van der Waals surface area contributed by atoms with Crippen molar-refractivity contribution < 1.29 is 28.9 Å². The minimum absolute atomic E-state index is 0.0843. The van der Waals surface area contributed by atoms with Crippen LogP contribution in [-0.2, 0) is 32.0 Å². The molecule has 0 radical (unpaired) electrons. The topological polar surface area (TPSA) is 119 Å². The molecular formula is C28H25N3O7S. The van der Waals surface area contributed by atoms with Crippen molar-refractivity contribution >= 4 is 45.5 Å². The van der Waals surface area contributed by atoms with Crippen LogP contribution in [0.4, 0.5) is 16.4 Å². The van der Waals surface area contributed by atoms with Crippen LogP contribution in [0.15, 0.2) is 48.5 Å². The first-order valence-corrected chi connectivity index (χ1v) is 13.5. The van der Waals surface area contributed by atoms with Crippen molar-refractivity contribution in [3.8, 4) is 0 Å². The number of benzene rings is 2. The number of rotatable bonds is 5. The number of aryl methyl sites for hydroxylation is 2. The van der Waals surface area contributed by atoms with Crippen molar-refractivity contribution in [3.63, 3.8) is 0 Å². The number of hydroxylamine groups is 1. The minimum Gasteiger partial charge on any atom is -0.465 e. The van der Waals surface area contributed by atoms with E-state index >= 15 is 0 Å². The molecule has 0 spiro atoms. The molecule has 200 valence electrons. The number of carbonyl (C=O) groups excluding carboxylic acids is 3. The highest BCUT2D eigenvalue weighted by Crippen LogP contribution is 2.51. The molecule has 3 atom stereocenters. The molecular weight excluding hydrogens is 522 g/mol. The Morgan fingerprint density at radius 3 is 2.49 bits per heavy atom. The minimum atomic E-state index is -1.12. The van der Waals surface area contributed by atoms with E-state index in [1.54, 1.807) is 17.2 Å². The molecule has 0 bridgehead atoms. The normalized spacial score (nSPS) is 22.2. The monoisotopic (exact) mass is 547 g/mol. The summed E-state index contributed by atoms with van der Waals surface area (Å²) in [6.45, 7) is 1.90. The smallest absolute Gasteiger partial charge is 0.341 e. The van der Waals surface area contributed by atoms with Crippen molar-refractivity contribution in [1.82, 2.24) is 0 Å². The van der Waals surface area contributed by atoms with Crippen LogP contribution in [0.5, 0.6) is 0 Å². The molecule has 10 nitrogen and oxygen atoms in total. The van der Waals surface area contributed by atoms with Crippen molar-refractivity contribution in [2.24, 2.45) is 5.92 Å². The number of hydrogen-bond acceptors (Lipinski definition) is 9. The summed E-state index contributed by atoms with van der Waals surface area (Å²) in [7, 11) is 1.29. The number of hydrogen-bond donors (Lipinski definition) is 0. The molecule has 2 amide bonds. The number of amides is 2. The van der Waals surface area contributed by atoms with E-state index in [0.717, 1.165) is 40.2 Å². The van der Waals surface area contributed by atoms with E-state index in [1.807, 2.05) is 31.2 Å². The largest absolute Gasteiger partial charge is 0.465 e. The molecule has 0 saturated carbocycles. The van der Waals surface area contributed by atoms with E-state index in [0.29, 0.717) is 17.7 Å². The van der Waals surface area contributed by atoms with Crippen LogP contribution in [0.3, 0.4) is 0 Å². The molecule has 1 aromatic heterocycles. The van der Waals surface area contributed by atoms with Gasteiger partial charge < -0.3 is 4.74 Å². The number of imide groups is 1. The van der Waals surface area contributed by atoms with Gasteiger partial charge in [-0.1, -0.05) is 30.3 Å². The van der Waals surface area contributed by atoms with Gasteiger partial charge in [-0.15, -0.1) is 11.3 Å². The van der Waals surface area contributed by atoms with E-state index in [2.05, 4.69) is 0 Å². The molecule has 39 heavy (non-hydrogen) atoms. The van der Waals surface area contributed by atoms with Gasteiger partial charge >= 0.3 is 5.97 Å². The number of para-hydroxylation sites is 1. The van der Waals surface area contributed by atoms with Gasteiger partial charge in [0.2, 0.25) is 5.91 Å². The molecule has 2 fully saturated rings. The third kappa shape index (κ3) is 3.92. The number of esters is 1. The van der Waals surface area contributed by atoms with Gasteiger partial charge in [-0.25, -0.2) is 14.8 Å². The second-order valence-corrected chi connectivity index (χ2v) is 10.9. The van der Waals surface area contributed by atoms with Gasteiger partial charge in [-0.2, -0.15) is 0 Å². The highest BCUT2D eigenvalue weighted by atomic mass is 32.1. The van der Waals surface area contributed by atoms with Crippen LogP contribution in [-0.4, -0.2) is 35.9 Å². The molecule has 6 rings (SSSR count). The van der Waals surface area contributed by atoms with Crippen molar-refractivity contribution in [2.45, 2.75) is 44.8 Å². The zero-order valence-electron chi connectivity index (χ0n) is 21.3. The highest BCUT2D eigenvalue weighted by Gasteiger charge is 2.61. The third-order valence-electron chi connectivity index (χ3n) is 7.66. The summed E-state index contributed by atoms with van der Waals surface area (Å²) in [4.78, 5) is 60.0. The van der Waals surface area contributed by atoms with Crippen molar-refractivity contribution in [2.75, 3.05) is 17.1 Å². The Kier molecular flexibility index (Phi) is 6.19. The fraction of sp³-hybridized carbons (Fsp3) is 0.321. The first-order chi connectivity index (χ1) is 18.8. The quantitative estimate of drug-likeness (QED) is 0.195. The highest BCUT2D eigenvalue weighted by molar-refractivity contribution is 7.17. The molecule has 2 aromatic carbocycles. The Morgan fingerprint density at radius 2 is 1.79 bits per heavy atom. The lowest BCUT2D eigenvalue weighted by Crippen LogP contribution is -2.38. The molecule has 2 aliphatic heterocycles. The Hall–Kier alpha value is -4.09. The number of methoxy groups -OCH3 is 1. The lowest BCUT2D eigenvalue weighted by atomic mass is 9.90. The molecule has 0 unspecified atom stereocenters. The second-order valence-electron chi connectivity index (χ2n) is 9.85. The molecule has 3 heterocycles. The number of nitro benzene ring substituents is 1. The number of thiophene rings is 1. The van der Waals surface area contributed by atoms with Crippen LogP contribution >= 0.6 is 11.3 Å². The van der Waals surface area contributed by atoms with Gasteiger partial charge in [0.15, 0.2) is 6.10 Å². The van der Waals surface area contributed by atoms with Crippen LogP contribution in [0.2, 0.25) is 0 Å². The number of carbonyl (C=O) groups is 3. The van der Waals surface area contributed by atoms with Crippen LogP contribution in [0, 0.1) is 23.0 Å². The average molecular weight is 548 g/mol. The predicted octanol–water partition coefficient (Wildman–Crippen LogP) is 4.68. The van der Waals surface area contributed by atoms with Gasteiger partial charge in [-0.3, -0.25) is 24.5 Å². The summed E-state index contributed by atoms with van der Waals surface area (Å²) in [6.07, 6.45) is 2.22. The van der Waals surface area contributed by atoms with E-state index in [4.69, 9.17) is 9.57 Å². The zero-order chi connectivity index (χ0) is 27.4. The Balaban J connectivity index is 1.46. The molecule has 2 saturated heterocycles. The van der Waals surface area contributed by atoms with Crippen LogP contribution in [0.25, 0.3) is 0 Å². The van der Waals surface area contributed by atoms with Crippen molar-refractivity contribution in [1.29, 1.82) is 0 Å². The molecule has 1 aliphatic carbocycles. The lowest BCUT2D eigenvalue weighted by Gasteiger charge is -2.29. The molecule has 0 N–H and O–H groups in total. The van der Waals surface area contributed by atoms with Gasteiger partial charge in [0.25, 0.3) is 11.6 Å². The summed E-state index contributed by atoms with van der Waals surface area (Å²) in [6, 6.07) is 12.6. The Bertz CT molecular complexity index is 1520. The van der Waals surface area contributed by atoms with Crippen molar-refractivity contribution in [3.05, 3.63) is 85.8 Å². The van der Waals surface area contributed by atoms with Crippen LogP contribution in [0.1, 0.15) is 50.8 Å². The number of ether oxygens (including phenoxy) is 1. The maximum Gasteiger partial charge on any atom is 0.341 e. The third-order valence-corrected chi connectivity index (χ3v) is 8.94. The summed E-state index contributed by atoms with van der Waals surface area (Å²) < 4.78 is 5.06. The number of anilines is 2. The SMILES string of the molecule is COC(=O)c1c(N2C(=O)[C@@H]3[C@@H](c4ccc([N+](=O)[O-])cc4)N(c4ccccc4C)O[C@H]3C2=O)sc2c1CCCC2. The van der Waals surface area contributed by atoms with Gasteiger partial charge in [0.05, 0.1) is 29.3 Å². The fourth-order valence-corrected chi connectivity index (χ4v) is 7.17. The van der Waals surface area contributed by atoms with Gasteiger partial charge in [0, 0.05) is 17.0 Å². The van der Waals surface area contributed by atoms with E-state index < -0.39 is 40.8 Å². The first-order valence-electron chi connectivity index (χ1n) is 12.7. The summed E-state index contributed by atoms with van der Waals surface area (Å²) >= 11 is 1.29. The molecule has 11 heteroatoms. The van der Waals surface area contributed by atoms with E-state index in [1.165, 1.54) is 30.6 Å². The first kappa shape index (κ1) is 25.2. The standard InChI is InChI=1S/C28H25N3O7S/c1-15-7-3-5-9-19(15)30-23(16-11-13-17(14-12-16)31(35)36)22-24(38-30)26(33)29(25(22)32)27-21(28(34)37-2)18-8-4-6-10-20(18)39-27/h3,5,7,9,11-14,22-24H,4,6,8,10H2,1-2H3/t22-,23-,24-/m1/s1. The number of nitro groups is 1. The maximum atomic E-state index is 14.1. The summed E-state index contributed by atoms with van der Waals surface area (Å²) in [5, 5.41) is 13.1. The maximum absolute atomic E-state index is 14.1. The fourth-order valence-electron chi connectivity index (χ4n) is 5.79. The zero-order valence-corrected chi connectivity index (χ0v) is 22.1. The average Bonchev–Trinajstić information content (AvgIpc) is 3.58. The molecule has 3 aromatic rings. The Morgan fingerprint density at radius 1 is 1.08 bits per heavy atom. The second kappa shape index (κ2) is 9.58. The number of fused-ring (bicyclic) bond motifs is 2. The predicted molar refractivity (Wildman–Crippen MR) is 143 cm³/mol. The summed E-state index contributed by atoms with van der Waals surface area (Å²) in [5.41, 5.74) is 3.20. The van der Waals surface area contributed by atoms with E-state index in [-0.39, 0.29) is 16.3 Å². The van der Waals surface area contributed by atoms with Crippen LogP contribution < -0.4 is 9.96 Å².